The van der Waals surface area contributed by atoms with Gasteiger partial charge in [0.2, 0.25) is 11.8 Å². The molecule has 2 atom stereocenters. The second-order valence-corrected chi connectivity index (χ2v) is 9.15. The number of ether oxygens (including phenoxy) is 2. The van der Waals surface area contributed by atoms with E-state index in [1.165, 1.54) is 12.0 Å². The van der Waals surface area contributed by atoms with E-state index in [9.17, 15) is 24.3 Å². The monoisotopic (exact) mass is 477 g/mol. The van der Waals surface area contributed by atoms with Crippen LogP contribution in [0.5, 0.6) is 0 Å². The minimum absolute atomic E-state index is 0.248. The molecular weight excluding hydrogens is 442 g/mol. The molecular formula is C24H35N3O7. The molecule has 188 valence electrons. The molecule has 0 saturated heterocycles. The molecule has 0 radical (unpaired) electrons. The van der Waals surface area contributed by atoms with Crippen LogP contribution in [0.15, 0.2) is 24.3 Å². The van der Waals surface area contributed by atoms with E-state index < -0.39 is 48.2 Å². The van der Waals surface area contributed by atoms with E-state index >= 15 is 0 Å². The van der Waals surface area contributed by atoms with E-state index in [1.807, 2.05) is 19.1 Å². The number of esters is 1. The van der Waals surface area contributed by atoms with Crippen molar-refractivity contribution in [3.8, 4) is 0 Å². The zero-order chi connectivity index (χ0) is 25.5. The second-order valence-electron chi connectivity index (χ2n) is 9.15. The number of alkyl carbamates (subject to hydrolysis) is 1. The largest absolute Gasteiger partial charge is 0.468 e. The number of hydrogen-bond acceptors (Lipinski definition) is 7. The molecule has 3 amide bonds. The molecule has 1 aliphatic carbocycles. The van der Waals surface area contributed by atoms with Gasteiger partial charge in [0.15, 0.2) is 0 Å². The fourth-order valence-corrected chi connectivity index (χ4v) is 3.39. The number of carbonyl (C=O) groups is 4. The molecule has 0 aromatic heterocycles. The first kappa shape index (κ1) is 27.1. The van der Waals surface area contributed by atoms with E-state index in [-0.39, 0.29) is 12.6 Å². The van der Waals surface area contributed by atoms with E-state index in [0.717, 1.165) is 12.0 Å². The number of methoxy groups -OCH3 is 1. The number of aliphatic hydroxyl groups is 1. The van der Waals surface area contributed by atoms with Crippen LogP contribution in [-0.4, -0.2) is 71.8 Å². The van der Waals surface area contributed by atoms with Gasteiger partial charge in [-0.15, -0.1) is 0 Å². The van der Waals surface area contributed by atoms with Gasteiger partial charge in [-0.1, -0.05) is 31.2 Å². The van der Waals surface area contributed by atoms with Gasteiger partial charge in [-0.25, -0.2) is 4.79 Å². The van der Waals surface area contributed by atoms with Gasteiger partial charge in [-0.3, -0.25) is 14.4 Å². The third kappa shape index (κ3) is 7.72. The molecule has 0 aliphatic heterocycles. The number of aryl methyl sites for hydroxylation is 1. The topological polar surface area (TPSA) is 134 Å². The van der Waals surface area contributed by atoms with Crippen LogP contribution in [0.1, 0.15) is 57.7 Å². The van der Waals surface area contributed by atoms with E-state index in [2.05, 4.69) is 15.4 Å². The van der Waals surface area contributed by atoms with Crippen LogP contribution in [0.3, 0.4) is 0 Å². The second kappa shape index (κ2) is 11.8. The van der Waals surface area contributed by atoms with E-state index in [4.69, 9.17) is 4.74 Å². The average molecular weight is 478 g/mol. The Morgan fingerprint density at radius 2 is 1.76 bits per heavy atom. The molecule has 10 nitrogen and oxygen atoms in total. The summed E-state index contributed by atoms with van der Waals surface area (Å²) >= 11 is 0. The quantitative estimate of drug-likeness (QED) is 0.434. The smallest absolute Gasteiger partial charge is 0.408 e. The number of benzene rings is 1. The summed E-state index contributed by atoms with van der Waals surface area (Å²) in [6.45, 7) is 6.02. The van der Waals surface area contributed by atoms with Gasteiger partial charge in [0.25, 0.3) is 0 Å². The molecule has 10 heteroatoms. The number of hydrogen-bond donors (Lipinski definition) is 3. The molecule has 1 saturated carbocycles. The van der Waals surface area contributed by atoms with Crippen LogP contribution in [0, 0.1) is 0 Å². The fourth-order valence-electron chi connectivity index (χ4n) is 3.39. The van der Waals surface area contributed by atoms with Crippen LogP contribution >= 0.6 is 0 Å². The maximum Gasteiger partial charge on any atom is 0.408 e. The highest BCUT2D eigenvalue weighted by Gasteiger charge is 2.44. The predicted octanol–water partition coefficient (Wildman–Crippen LogP) is 1.46. The predicted molar refractivity (Wildman–Crippen MR) is 124 cm³/mol. The molecule has 34 heavy (non-hydrogen) atoms. The van der Waals surface area contributed by atoms with Crippen LogP contribution in [0.2, 0.25) is 0 Å². The Labute approximate surface area is 200 Å². The lowest BCUT2D eigenvalue weighted by molar-refractivity contribution is -0.145. The maximum atomic E-state index is 13.5. The Morgan fingerprint density at radius 1 is 1.15 bits per heavy atom. The number of amides is 3. The summed E-state index contributed by atoms with van der Waals surface area (Å²) in [4.78, 5) is 52.0. The normalized spacial score (nSPS) is 15.0. The number of rotatable bonds is 10. The lowest BCUT2D eigenvalue weighted by Crippen LogP contribution is -2.55. The SMILES string of the molecule is CCc1ccc(C(C(=O)NCC(=O)OC)N(C(=O)C(CO)NC(=O)OC(C)(C)C)C2CC2)cc1. The molecule has 1 aromatic carbocycles. The number of aliphatic hydroxyl groups excluding tert-OH is 1. The maximum absolute atomic E-state index is 13.5. The summed E-state index contributed by atoms with van der Waals surface area (Å²) in [6, 6.07) is 4.65. The Kier molecular flexibility index (Phi) is 9.43. The summed E-state index contributed by atoms with van der Waals surface area (Å²) in [5.74, 6) is -1.81. The van der Waals surface area contributed by atoms with Crippen molar-refractivity contribution in [2.45, 2.75) is 70.7 Å². The standard InChI is InChI=1S/C24H35N3O7/c1-6-15-7-9-16(10-8-15)20(21(30)25-13-19(29)33-5)27(17-11-12-17)22(31)18(14-28)26-23(32)34-24(2,3)4/h7-10,17-18,20,28H,6,11-14H2,1-5H3,(H,25,30)(H,26,32). The third-order valence-corrected chi connectivity index (χ3v) is 5.23. The highest BCUT2D eigenvalue weighted by atomic mass is 16.6. The van der Waals surface area contributed by atoms with Gasteiger partial charge in [0.05, 0.1) is 13.7 Å². The van der Waals surface area contributed by atoms with Crippen molar-refractivity contribution in [2.75, 3.05) is 20.3 Å². The van der Waals surface area contributed by atoms with Crippen LogP contribution in [0.25, 0.3) is 0 Å². The summed E-state index contributed by atoms with van der Waals surface area (Å²) in [6.07, 6.45) is 1.29. The fraction of sp³-hybridized carbons (Fsp3) is 0.583. The summed E-state index contributed by atoms with van der Waals surface area (Å²) in [7, 11) is 1.21. The van der Waals surface area contributed by atoms with Gasteiger partial charge in [0.1, 0.15) is 24.2 Å². The molecule has 1 aromatic rings. The van der Waals surface area contributed by atoms with Gasteiger partial charge in [0, 0.05) is 6.04 Å². The van der Waals surface area contributed by atoms with Crippen molar-refractivity contribution in [2.24, 2.45) is 0 Å². The first-order valence-electron chi connectivity index (χ1n) is 11.4. The average Bonchev–Trinajstić information content (AvgIpc) is 3.62. The minimum atomic E-state index is -1.30. The molecule has 3 N–H and O–H groups in total. The van der Waals surface area contributed by atoms with Crippen molar-refractivity contribution in [1.82, 2.24) is 15.5 Å². The van der Waals surface area contributed by atoms with Crippen molar-refractivity contribution in [1.29, 1.82) is 0 Å². The van der Waals surface area contributed by atoms with Crippen molar-refractivity contribution < 1.29 is 33.8 Å². The van der Waals surface area contributed by atoms with E-state index in [0.29, 0.717) is 18.4 Å². The number of carbonyl (C=O) groups excluding carboxylic acids is 4. The lowest BCUT2D eigenvalue weighted by Gasteiger charge is -2.34. The molecule has 0 bridgehead atoms. The lowest BCUT2D eigenvalue weighted by atomic mass is 10.0. The summed E-state index contributed by atoms with van der Waals surface area (Å²) in [5.41, 5.74) is 0.816. The number of nitrogens with one attached hydrogen (secondary N) is 2. The van der Waals surface area contributed by atoms with Crippen LogP contribution in [-0.2, 0) is 30.3 Å². The van der Waals surface area contributed by atoms with Crippen molar-refractivity contribution in [3.63, 3.8) is 0 Å². The zero-order valence-corrected chi connectivity index (χ0v) is 20.4. The Morgan fingerprint density at radius 3 is 2.24 bits per heavy atom. The van der Waals surface area contributed by atoms with Gasteiger partial charge in [-0.2, -0.15) is 0 Å². The van der Waals surface area contributed by atoms with Crippen molar-refractivity contribution in [3.05, 3.63) is 35.4 Å². The third-order valence-electron chi connectivity index (χ3n) is 5.23. The first-order chi connectivity index (χ1) is 16.0. The molecule has 1 fully saturated rings. The summed E-state index contributed by atoms with van der Waals surface area (Å²) < 4.78 is 9.80. The van der Waals surface area contributed by atoms with E-state index in [1.54, 1.807) is 32.9 Å². The van der Waals surface area contributed by atoms with Gasteiger partial charge >= 0.3 is 12.1 Å². The first-order valence-corrected chi connectivity index (χ1v) is 11.4. The molecule has 0 spiro atoms. The van der Waals surface area contributed by atoms with Crippen molar-refractivity contribution >= 4 is 23.9 Å². The molecule has 0 heterocycles. The van der Waals surface area contributed by atoms with Gasteiger partial charge in [-0.05, 0) is 51.2 Å². The molecule has 2 rings (SSSR count). The Balaban J connectivity index is 2.36. The Bertz CT molecular complexity index is 876. The number of nitrogens with zero attached hydrogens (tertiary/aromatic N) is 1. The minimum Gasteiger partial charge on any atom is -0.468 e. The van der Waals surface area contributed by atoms with Gasteiger partial charge < -0.3 is 30.1 Å². The molecule has 2 unspecified atom stereocenters. The Hall–Kier alpha value is -3.14. The van der Waals surface area contributed by atoms with Crippen LogP contribution in [0.4, 0.5) is 4.79 Å². The zero-order valence-electron chi connectivity index (χ0n) is 20.4. The highest BCUT2D eigenvalue weighted by molar-refractivity contribution is 5.93. The highest BCUT2D eigenvalue weighted by Crippen LogP contribution is 2.35. The molecule has 1 aliphatic rings. The summed E-state index contributed by atoms with van der Waals surface area (Å²) in [5, 5.41) is 14.8. The van der Waals surface area contributed by atoms with Crippen LogP contribution < -0.4 is 10.6 Å².